The van der Waals surface area contributed by atoms with Crippen LogP contribution in [-0.2, 0) is 33.3 Å². The summed E-state index contributed by atoms with van der Waals surface area (Å²) in [6.07, 6.45) is 9.18. The summed E-state index contributed by atoms with van der Waals surface area (Å²) < 4.78 is 51.0. The molecule has 2 saturated heterocycles. The molecule has 0 radical (unpaired) electrons. The highest BCUT2D eigenvalue weighted by Gasteiger charge is 2.34. The molecule has 2 atom stereocenters. The minimum atomic E-state index is -4.07. The maximum absolute atomic E-state index is 14.3. The van der Waals surface area contributed by atoms with Crippen LogP contribution in [0.1, 0.15) is 89.4 Å². The maximum atomic E-state index is 14.3. The first-order chi connectivity index (χ1) is 26.0. The number of hydrogen-bond acceptors (Lipinski definition) is 8. The fraction of sp³-hybridized carbons (Fsp3) is 0.475. The van der Waals surface area contributed by atoms with Crippen LogP contribution < -0.4 is 9.46 Å². The molecule has 0 spiro atoms. The molecule has 286 valence electrons. The van der Waals surface area contributed by atoms with E-state index in [1.165, 1.54) is 16.3 Å². The molecule has 0 bridgehead atoms. The molecule has 2 unspecified atom stereocenters. The Morgan fingerprint density at radius 2 is 1.70 bits per heavy atom. The fourth-order valence-corrected chi connectivity index (χ4v) is 9.95. The van der Waals surface area contributed by atoms with Crippen molar-refractivity contribution in [2.75, 3.05) is 46.5 Å². The van der Waals surface area contributed by atoms with Crippen molar-refractivity contribution in [1.82, 2.24) is 28.3 Å². The Morgan fingerprint density at radius 1 is 0.963 bits per heavy atom. The Kier molecular flexibility index (Phi) is 9.88. The summed E-state index contributed by atoms with van der Waals surface area (Å²) >= 11 is 0. The lowest BCUT2D eigenvalue weighted by atomic mass is 9.81. The summed E-state index contributed by atoms with van der Waals surface area (Å²) in [5, 5.41) is 5.65. The quantitative estimate of drug-likeness (QED) is 0.272. The van der Waals surface area contributed by atoms with Crippen molar-refractivity contribution in [3.8, 4) is 17.0 Å². The number of amides is 2. The first-order valence-corrected chi connectivity index (χ1v) is 20.4. The summed E-state index contributed by atoms with van der Waals surface area (Å²) in [6.45, 7) is 6.22. The molecule has 1 aliphatic carbocycles. The van der Waals surface area contributed by atoms with Gasteiger partial charge in [0.2, 0.25) is 0 Å². The minimum absolute atomic E-state index is 0.0866. The van der Waals surface area contributed by atoms with Crippen LogP contribution >= 0.6 is 0 Å². The van der Waals surface area contributed by atoms with E-state index in [4.69, 9.17) is 14.2 Å². The van der Waals surface area contributed by atoms with E-state index in [1.54, 1.807) is 24.1 Å². The minimum Gasteiger partial charge on any atom is -0.497 e. The van der Waals surface area contributed by atoms with E-state index < -0.39 is 16.1 Å². The number of methoxy groups -OCH3 is 1. The molecule has 2 amide bonds. The Labute approximate surface area is 316 Å². The zero-order valence-electron chi connectivity index (χ0n) is 31.3. The molecule has 1 N–H and O–H groups in total. The van der Waals surface area contributed by atoms with Gasteiger partial charge in [0.15, 0.2) is 0 Å². The van der Waals surface area contributed by atoms with Gasteiger partial charge in [0, 0.05) is 55.3 Å². The average Bonchev–Trinajstić information content (AvgIpc) is 3.65. The zero-order valence-corrected chi connectivity index (χ0v) is 32.2. The molecular formula is C40H48N6O7S. The molecule has 4 aromatic rings. The van der Waals surface area contributed by atoms with Crippen LogP contribution in [0.4, 0.5) is 0 Å². The molecule has 4 aliphatic rings. The monoisotopic (exact) mass is 756 g/mol. The van der Waals surface area contributed by atoms with Gasteiger partial charge in [-0.05, 0) is 85.7 Å². The molecule has 14 heteroatoms. The Hall–Kier alpha value is -4.50. The van der Waals surface area contributed by atoms with Crippen molar-refractivity contribution < 1.29 is 32.2 Å². The topological polar surface area (TPSA) is 137 Å². The third kappa shape index (κ3) is 6.73. The second-order valence-corrected chi connectivity index (χ2v) is 16.7. The molecule has 3 fully saturated rings. The number of fused-ring (bicyclic) bond motifs is 5. The van der Waals surface area contributed by atoms with Crippen LogP contribution in [0.15, 0.2) is 42.6 Å². The Morgan fingerprint density at radius 3 is 2.43 bits per heavy atom. The number of morpholine rings is 2. The van der Waals surface area contributed by atoms with Crippen molar-refractivity contribution >= 4 is 44.6 Å². The highest BCUT2D eigenvalue weighted by Crippen LogP contribution is 2.48. The van der Waals surface area contributed by atoms with Gasteiger partial charge in [-0.25, -0.2) is 4.72 Å². The zero-order chi connectivity index (χ0) is 37.7. The number of aryl methyl sites for hydroxylation is 1. The number of allylic oxidation sites excluding steroid dienone is 1. The highest BCUT2D eigenvalue weighted by atomic mass is 32.2. The molecule has 13 nitrogen and oxygen atoms in total. The van der Waals surface area contributed by atoms with E-state index in [-0.39, 0.29) is 50.0 Å². The molecule has 8 rings (SSSR count). The molecule has 5 heterocycles. The predicted octanol–water partition coefficient (Wildman–Crippen LogP) is 5.21. The lowest BCUT2D eigenvalue weighted by Crippen LogP contribution is -2.48. The van der Waals surface area contributed by atoms with Crippen LogP contribution in [0.5, 0.6) is 5.75 Å². The molecule has 1 saturated carbocycles. The van der Waals surface area contributed by atoms with Gasteiger partial charge in [-0.1, -0.05) is 25.3 Å². The number of rotatable bonds is 7. The van der Waals surface area contributed by atoms with E-state index >= 15 is 0 Å². The SMILES string of the molecule is COc1ccc2c(c1)C=C(c1c(C(=O)N3CC(C)OC(C)C3)cnn1C)Cn1c-2c(C2CCCCC2)c2ccc(C(=O)NS(=O)(=O)N3CCOCC3)cc21. The van der Waals surface area contributed by atoms with Gasteiger partial charge in [-0.15, -0.1) is 0 Å². The van der Waals surface area contributed by atoms with Gasteiger partial charge >= 0.3 is 10.2 Å². The lowest BCUT2D eigenvalue weighted by Gasteiger charge is -2.35. The van der Waals surface area contributed by atoms with Crippen LogP contribution in [-0.4, -0.2) is 102 Å². The van der Waals surface area contributed by atoms with E-state index in [0.29, 0.717) is 42.6 Å². The molecule has 3 aliphatic heterocycles. The van der Waals surface area contributed by atoms with Crippen LogP contribution in [0, 0.1) is 0 Å². The van der Waals surface area contributed by atoms with Crippen molar-refractivity contribution in [1.29, 1.82) is 0 Å². The first-order valence-electron chi connectivity index (χ1n) is 18.9. The lowest BCUT2D eigenvalue weighted by molar-refractivity contribution is -0.0586. The molecule has 54 heavy (non-hydrogen) atoms. The summed E-state index contributed by atoms with van der Waals surface area (Å²) in [4.78, 5) is 29.9. The second-order valence-electron chi connectivity index (χ2n) is 15.0. The van der Waals surface area contributed by atoms with Crippen LogP contribution in [0.25, 0.3) is 33.8 Å². The third-order valence-electron chi connectivity index (χ3n) is 11.3. The smallest absolute Gasteiger partial charge is 0.304 e. The number of aromatic nitrogens is 3. The first kappa shape index (κ1) is 36.5. The summed E-state index contributed by atoms with van der Waals surface area (Å²) in [5.74, 6) is 0.221. The third-order valence-corrected chi connectivity index (χ3v) is 12.8. The number of carbonyl (C=O) groups excluding carboxylic acids is 2. The van der Waals surface area contributed by atoms with E-state index in [2.05, 4.69) is 26.5 Å². The molecular weight excluding hydrogens is 709 g/mol. The van der Waals surface area contributed by atoms with Gasteiger partial charge in [0.1, 0.15) is 5.75 Å². The van der Waals surface area contributed by atoms with Crippen molar-refractivity contribution in [2.45, 2.75) is 70.6 Å². The number of benzene rings is 2. The standard InChI is InChI=1S/C40H48N6O7S/c1-25-22-44(23-26(2)53-25)40(48)34-21-41-43(3)37(34)30-18-29-19-31(51-4)11-13-32(29)38-36(27-8-6-5-7-9-27)33-12-10-28(20-35(33)46(38)24-30)39(47)42-54(49,50)45-14-16-52-17-15-45/h10-13,18-21,25-27H,5-9,14-17,22-24H2,1-4H3,(H,42,47). The average molecular weight is 757 g/mol. The number of carbonyl (C=O) groups is 2. The van der Waals surface area contributed by atoms with Gasteiger partial charge < -0.3 is 23.7 Å². The largest absolute Gasteiger partial charge is 0.497 e. The number of ether oxygens (including phenoxy) is 3. The van der Waals surface area contributed by atoms with E-state index in [9.17, 15) is 18.0 Å². The van der Waals surface area contributed by atoms with Crippen LogP contribution in [0.3, 0.4) is 0 Å². The number of hydrogen-bond donors (Lipinski definition) is 1. The van der Waals surface area contributed by atoms with Gasteiger partial charge in [0.25, 0.3) is 11.8 Å². The van der Waals surface area contributed by atoms with E-state index in [1.807, 2.05) is 50.1 Å². The van der Waals surface area contributed by atoms with Crippen LogP contribution in [0.2, 0.25) is 0 Å². The predicted molar refractivity (Wildman–Crippen MR) is 206 cm³/mol. The van der Waals surface area contributed by atoms with Gasteiger partial charge in [-0.2, -0.15) is 17.8 Å². The molecule has 2 aromatic heterocycles. The summed E-state index contributed by atoms with van der Waals surface area (Å²) in [5.41, 5.74) is 7.42. The van der Waals surface area contributed by atoms with Crippen molar-refractivity contribution in [2.24, 2.45) is 7.05 Å². The normalized spacial score (nSPS) is 21.3. The molecule has 2 aromatic carbocycles. The number of nitrogens with one attached hydrogen (secondary N) is 1. The summed E-state index contributed by atoms with van der Waals surface area (Å²) in [6, 6.07) is 11.6. The van der Waals surface area contributed by atoms with Gasteiger partial charge in [0.05, 0.1) is 62.2 Å². The van der Waals surface area contributed by atoms with Crippen molar-refractivity contribution in [3.05, 3.63) is 70.5 Å². The summed E-state index contributed by atoms with van der Waals surface area (Å²) in [7, 11) is -0.556. The fourth-order valence-electron chi connectivity index (χ4n) is 8.84. The Bertz CT molecular complexity index is 2240. The Balaban J connectivity index is 1.29. The van der Waals surface area contributed by atoms with Gasteiger partial charge in [-0.3, -0.25) is 14.3 Å². The second kappa shape index (κ2) is 14.6. The van der Waals surface area contributed by atoms with Crippen molar-refractivity contribution in [3.63, 3.8) is 0 Å². The van der Waals surface area contributed by atoms with E-state index in [0.717, 1.165) is 59.0 Å². The maximum Gasteiger partial charge on any atom is 0.304 e. The highest BCUT2D eigenvalue weighted by molar-refractivity contribution is 7.87. The number of nitrogens with zero attached hydrogens (tertiary/aromatic N) is 5.